The number of amides is 2. The van der Waals surface area contributed by atoms with E-state index in [1.165, 1.54) is 0 Å². The number of nitrogens with zero attached hydrogens (tertiary/aromatic N) is 4. The first-order valence-corrected chi connectivity index (χ1v) is 11.7. The number of rotatable bonds is 3. The van der Waals surface area contributed by atoms with Gasteiger partial charge >= 0.3 is 6.03 Å². The van der Waals surface area contributed by atoms with Gasteiger partial charge in [0.1, 0.15) is 0 Å². The van der Waals surface area contributed by atoms with Crippen LogP contribution in [0.25, 0.3) is 11.1 Å². The van der Waals surface area contributed by atoms with Crippen molar-refractivity contribution in [3.63, 3.8) is 0 Å². The molecule has 1 aromatic heterocycles. The van der Waals surface area contributed by atoms with Gasteiger partial charge in [-0.15, -0.1) is 0 Å². The quantitative estimate of drug-likeness (QED) is 0.592. The summed E-state index contributed by atoms with van der Waals surface area (Å²) in [4.78, 5) is 24.0. The molecule has 2 aliphatic rings. The number of likely N-dealkylation sites (N-methyl/N-ethyl adjacent to an activating group) is 1. The van der Waals surface area contributed by atoms with E-state index >= 15 is 0 Å². The zero-order valence-corrected chi connectivity index (χ0v) is 19.8. The van der Waals surface area contributed by atoms with Gasteiger partial charge in [-0.1, -0.05) is 29.8 Å². The Hall–Kier alpha value is -3.09. The molecule has 3 aromatic rings. The van der Waals surface area contributed by atoms with Gasteiger partial charge in [0, 0.05) is 55.9 Å². The van der Waals surface area contributed by atoms with E-state index in [1.807, 2.05) is 54.4 Å². The summed E-state index contributed by atoms with van der Waals surface area (Å²) in [5, 5.41) is 3.82. The molecule has 0 aliphatic carbocycles. The summed E-state index contributed by atoms with van der Waals surface area (Å²) in [5.74, 6) is 0. The van der Waals surface area contributed by atoms with Crippen molar-refractivity contribution in [2.75, 3.05) is 54.9 Å². The lowest BCUT2D eigenvalue weighted by molar-refractivity contribution is 0.257. The highest BCUT2D eigenvalue weighted by Gasteiger charge is 2.28. The van der Waals surface area contributed by atoms with Crippen LogP contribution in [-0.2, 0) is 6.42 Å². The number of anilines is 3. The van der Waals surface area contributed by atoms with Gasteiger partial charge in [0.05, 0.1) is 16.4 Å². The van der Waals surface area contributed by atoms with Crippen molar-refractivity contribution in [1.82, 2.24) is 9.88 Å². The molecule has 3 heterocycles. The minimum atomic E-state index is -0.120. The van der Waals surface area contributed by atoms with Gasteiger partial charge in [0.2, 0.25) is 0 Å². The molecular weight excluding hydrogens is 434 g/mol. The number of hydrogen-bond donors (Lipinski definition) is 1. The molecule has 2 amide bonds. The number of benzene rings is 2. The molecule has 0 bridgehead atoms. The van der Waals surface area contributed by atoms with Gasteiger partial charge in [-0.25, -0.2) is 4.79 Å². The molecule has 7 heteroatoms. The van der Waals surface area contributed by atoms with Gasteiger partial charge < -0.3 is 15.1 Å². The van der Waals surface area contributed by atoms with E-state index in [4.69, 9.17) is 11.6 Å². The highest BCUT2D eigenvalue weighted by Crippen LogP contribution is 2.38. The number of hydrogen-bond acceptors (Lipinski definition) is 4. The summed E-state index contributed by atoms with van der Waals surface area (Å²) in [6.45, 7) is 6.50. The molecule has 0 atom stereocenters. The van der Waals surface area contributed by atoms with Crippen molar-refractivity contribution in [2.24, 2.45) is 0 Å². The summed E-state index contributed by atoms with van der Waals surface area (Å²) < 4.78 is 0. The first-order chi connectivity index (χ1) is 16.0. The molecule has 6 nitrogen and oxygen atoms in total. The van der Waals surface area contributed by atoms with Crippen LogP contribution in [0.4, 0.5) is 21.9 Å². The Labute approximate surface area is 199 Å². The molecule has 2 aromatic carbocycles. The van der Waals surface area contributed by atoms with Gasteiger partial charge in [-0.05, 0) is 61.9 Å². The number of carbonyl (C=O) groups excluding carboxylic acids is 1. The summed E-state index contributed by atoms with van der Waals surface area (Å²) in [5.41, 5.74) is 6.97. The molecule has 1 N–H and O–H groups in total. The number of carbonyl (C=O) groups is 1. The Morgan fingerprint density at radius 2 is 1.67 bits per heavy atom. The second-order valence-corrected chi connectivity index (χ2v) is 9.23. The van der Waals surface area contributed by atoms with Crippen molar-refractivity contribution >= 4 is 34.7 Å². The maximum absolute atomic E-state index is 13.1. The number of fused-ring (bicyclic) bond motifs is 1. The lowest BCUT2D eigenvalue weighted by Crippen LogP contribution is -2.44. The number of pyridine rings is 1. The first-order valence-electron chi connectivity index (χ1n) is 11.4. The third kappa shape index (κ3) is 4.54. The average Bonchev–Trinajstić information content (AvgIpc) is 3.23. The lowest BCUT2D eigenvalue weighted by atomic mass is 10.1. The molecule has 2 aliphatic heterocycles. The minimum absolute atomic E-state index is 0.120. The summed E-state index contributed by atoms with van der Waals surface area (Å²) in [6.07, 6.45) is 2.68. The molecule has 1 saturated heterocycles. The average molecular weight is 462 g/mol. The van der Waals surface area contributed by atoms with Crippen LogP contribution < -0.4 is 15.1 Å². The SMILES string of the molecule is Cc1ccc(-c2ccc(NC(=O)N3CCc4cc(Cl)c(N5CCN(C)CC5)cc43)cc2)cn1. The van der Waals surface area contributed by atoms with Crippen molar-refractivity contribution in [3.05, 3.63) is 71.0 Å². The number of piperazine rings is 1. The predicted molar refractivity (Wildman–Crippen MR) is 136 cm³/mol. The minimum Gasteiger partial charge on any atom is -0.368 e. The molecule has 1 fully saturated rings. The fraction of sp³-hybridized carbons (Fsp3) is 0.308. The molecule has 0 radical (unpaired) electrons. The Morgan fingerprint density at radius 3 is 2.36 bits per heavy atom. The van der Waals surface area contributed by atoms with E-state index in [9.17, 15) is 4.79 Å². The third-order valence-corrected chi connectivity index (χ3v) is 6.82. The van der Waals surface area contributed by atoms with Crippen LogP contribution in [0.3, 0.4) is 0 Å². The maximum atomic E-state index is 13.1. The van der Waals surface area contributed by atoms with Crippen LogP contribution in [0, 0.1) is 6.92 Å². The number of halogens is 1. The zero-order valence-electron chi connectivity index (χ0n) is 19.0. The van der Waals surface area contributed by atoms with E-state index in [0.717, 1.165) is 77.1 Å². The van der Waals surface area contributed by atoms with Gasteiger partial charge in [0.25, 0.3) is 0 Å². The highest BCUT2D eigenvalue weighted by atomic mass is 35.5. The van der Waals surface area contributed by atoms with Crippen molar-refractivity contribution in [3.8, 4) is 11.1 Å². The van der Waals surface area contributed by atoms with E-state index in [1.54, 1.807) is 0 Å². The van der Waals surface area contributed by atoms with Crippen molar-refractivity contribution in [1.29, 1.82) is 0 Å². The van der Waals surface area contributed by atoms with Gasteiger partial charge in [0.15, 0.2) is 0 Å². The monoisotopic (exact) mass is 461 g/mol. The lowest BCUT2D eigenvalue weighted by Gasteiger charge is -2.35. The Kier molecular flexibility index (Phi) is 5.96. The third-order valence-electron chi connectivity index (χ3n) is 6.51. The van der Waals surface area contributed by atoms with Crippen LogP contribution >= 0.6 is 11.6 Å². The summed E-state index contributed by atoms with van der Waals surface area (Å²) >= 11 is 6.63. The number of aryl methyl sites for hydroxylation is 1. The molecule has 5 rings (SSSR count). The molecule has 170 valence electrons. The topological polar surface area (TPSA) is 51.7 Å². The largest absolute Gasteiger partial charge is 0.368 e. The molecule has 0 spiro atoms. The van der Waals surface area contributed by atoms with Crippen LogP contribution in [-0.4, -0.2) is 55.7 Å². The van der Waals surface area contributed by atoms with Crippen molar-refractivity contribution in [2.45, 2.75) is 13.3 Å². The Morgan fingerprint density at radius 1 is 0.939 bits per heavy atom. The molecule has 0 unspecified atom stereocenters. The van der Waals surface area contributed by atoms with Crippen LogP contribution in [0.2, 0.25) is 5.02 Å². The van der Waals surface area contributed by atoms with E-state index < -0.39 is 0 Å². The van der Waals surface area contributed by atoms with Crippen LogP contribution in [0.1, 0.15) is 11.3 Å². The summed E-state index contributed by atoms with van der Waals surface area (Å²) in [7, 11) is 2.14. The molecular formula is C26H28ClN5O. The van der Waals surface area contributed by atoms with Crippen LogP contribution in [0.15, 0.2) is 54.7 Å². The van der Waals surface area contributed by atoms with E-state index in [0.29, 0.717) is 6.54 Å². The molecule has 33 heavy (non-hydrogen) atoms. The number of aromatic nitrogens is 1. The normalized spacial score (nSPS) is 16.1. The van der Waals surface area contributed by atoms with Gasteiger partial charge in [-0.3, -0.25) is 9.88 Å². The fourth-order valence-corrected chi connectivity index (χ4v) is 4.78. The summed E-state index contributed by atoms with van der Waals surface area (Å²) in [6, 6.07) is 15.9. The van der Waals surface area contributed by atoms with Crippen LogP contribution in [0.5, 0.6) is 0 Å². The standard InChI is InChI=1S/C26H28ClN5O/c1-18-3-4-21(17-28-18)19-5-7-22(8-6-19)29-26(33)32-10-9-20-15-23(27)25(16-24(20)32)31-13-11-30(2)12-14-31/h3-8,15-17H,9-14H2,1-2H3,(H,29,33). The van der Waals surface area contributed by atoms with E-state index in [2.05, 4.69) is 39.3 Å². The predicted octanol–water partition coefficient (Wildman–Crippen LogP) is 5.06. The van der Waals surface area contributed by atoms with Gasteiger partial charge in [-0.2, -0.15) is 0 Å². The number of nitrogens with one attached hydrogen (secondary N) is 1. The Bertz CT molecular complexity index is 1150. The second kappa shape index (κ2) is 9.04. The maximum Gasteiger partial charge on any atom is 0.326 e. The molecule has 0 saturated carbocycles. The van der Waals surface area contributed by atoms with E-state index in [-0.39, 0.29) is 6.03 Å². The fourth-order valence-electron chi connectivity index (χ4n) is 4.47. The highest BCUT2D eigenvalue weighted by molar-refractivity contribution is 6.33. The first kappa shape index (κ1) is 21.7. The zero-order chi connectivity index (χ0) is 22.9. The Balaban J connectivity index is 1.31. The second-order valence-electron chi connectivity index (χ2n) is 8.82. The van der Waals surface area contributed by atoms with Crippen molar-refractivity contribution < 1.29 is 4.79 Å². The smallest absolute Gasteiger partial charge is 0.326 e. The number of urea groups is 1.